The summed E-state index contributed by atoms with van der Waals surface area (Å²) in [6, 6.07) is 0. The first-order chi connectivity index (χ1) is 4.70. The van der Waals surface area contributed by atoms with E-state index in [9.17, 15) is 4.79 Å². The van der Waals surface area contributed by atoms with Crippen molar-refractivity contribution < 1.29 is 4.79 Å². The minimum absolute atomic E-state index is 0.172. The quantitative estimate of drug-likeness (QED) is 0.500. The standard InChI is InChI=1S/C8H13NO/c1-7(2)6-8(10)9-4-3-5-9/h6H,3-5H2,1-2H3. The van der Waals surface area contributed by atoms with Crippen LogP contribution in [0.1, 0.15) is 20.3 Å². The van der Waals surface area contributed by atoms with Gasteiger partial charge in [-0.05, 0) is 20.3 Å². The van der Waals surface area contributed by atoms with Crippen LogP contribution in [0, 0.1) is 0 Å². The number of carbonyl (C=O) groups excluding carboxylic acids is 1. The fourth-order valence-corrected chi connectivity index (χ4v) is 0.875. The van der Waals surface area contributed by atoms with Crippen LogP contribution in [0.5, 0.6) is 0 Å². The Bertz CT molecular complexity index is 164. The molecule has 0 unspecified atom stereocenters. The Morgan fingerprint density at radius 2 is 2.00 bits per heavy atom. The summed E-state index contributed by atoms with van der Waals surface area (Å²) in [4.78, 5) is 12.9. The van der Waals surface area contributed by atoms with Gasteiger partial charge in [-0.15, -0.1) is 0 Å². The molecule has 0 spiro atoms. The molecule has 2 heteroatoms. The number of hydrogen-bond acceptors (Lipinski definition) is 1. The summed E-state index contributed by atoms with van der Waals surface area (Å²) in [5, 5.41) is 0. The van der Waals surface area contributed by atoms with Gasteiger partial charge in [0.05, 0.1) is 0 Å². The van der Waals surface area contributed by atoms with Gasteiger partial charge in [0, 0.05) is 19.2 Å². The largest absolute Gasteiger partial charge is 0.339 e. The van der Waals surface area contributed by atoms with Crippen molar-refractivity contribution in [2.24, 2.45) is 0 Å². The monoisotopic (exact) mass is 139 g/mol. The van der Waals surface area contributed by atoms with E-state index in [1.165, 1.54) is 6.42 Å². The van der Waals surface area contributed by atoms with E-state index in [1.54, 1.807) is 6.08 Å². The van der Waals surface area contributed by atoms with Crippen LogP contribution >= 0.6 is 0 Å². The maximum Gasteiger partial charge on any atom is 0.246 e. The Morgan fingerprint density at radius 1 is 1.40 bits per heavy atom. The van der Waals surface area contributed by atoms with Gasteiger partial charge in [-0.25, -0.2) is 0 Å². The highest BCUT2D eigenvalue weighted by molar-refractivity contribution is 5.88. The highest BCUT2D eigenvalue weighted by Gasteiger charge is 2.17. The molecular weight excluding hydrogens is 126 g/mol. The molecule has 1 amide bonds. The lowest BCUT2D eigenvalue weighted by atomic mass is 10.2. The summed E-state index contributed by atoms with van der Waals surface area (Å²) >= 11 is 0. The number of nitrogens with zero attached hydrogens (tertiary/aromatic N) is 1. The molecule has 1 fully saturated rings. The smallest absolute Gasteiger partial charge is 0.246 e. The van der Waals surface area contributed by atoms with Crippen LogP contribution in [0.15, 0.2) is 11.6 Å². The Kier molecular flexibility index (Phi) is 2.10. The van der Waals surface area contributed by atoms with Crippen molar-refractivity contribution in [2.45, 2.75) is 20.3 Å². The van der Waals surface area contributed by atoms with E-state index in [0.29, 0.717) is 0 Å². The molecule has 1 aliphatic rings. The highest BCUT2D eigenvalue weighted by atomic mass is 16.2. The molecule has 0 radical (unpaired) electrons. The first kappa shape index (κ1) is 7.32. The second kappa shape index (κ2) is 2.86. The topological polar surface area (TPSA) is 20.3 Å². The van der Waals surface area contributed by atoms with Crippen molar-refractivity contribution in [3.05, 3.63) is 11.6 Å². The zero-order chi connectivity index (χ0) is 7.56. The van der Waals surface area contributed by atoms with Crippen LogP contribution in [0.3, 0.4) is 0 Å². The maximum atomic E-state index is 11.1. The summed E-state index contributed by atoms with van der Waals surface area (Å²) in [5.41, 5.74) is 1.08. The molecule has 10 heavy (non-hydrogen) atoms. The first-order valence-electron chi connectivity index (χ1n) is 3.64. The zero-order valence-electron chi connectivity index (χ0n) is 6.55. The van der Waals surface area contributed by atoms with Gasteiger partial charge < -0.3 is 4.90 Å². The van der Waals surface area contributed by atoms with E-state index in [2.05, 4.69) is 0 Å². The minimum atomic E-state index is 0.172. The average Bonchev–Trinajstić information content (AvgIpc) is 1.55. The van der Waals surface area contributed by atoms with Gasteiger partial charge in [0.2, 0.25) is 5.91 Å². The van der Waals surface area contributed by atoms with E-state index >= 15 is 0 Å². The lowest BCUT2D eigenvalue weighted by Crippen LogP contribution is -2.41. The van der Waals surface area contributed by atoms with Gasteiger partial charge in [0.1, 0.15) is 0 Å². The molecule has 2 nitrogen and oxygen atoms in total. The first-order valence-corrected chi connectivity index (χ1v) is 3.64. The number of likely N-dealkylation sites (tertiary alicyclic amines) is 1. The van der Waals surface area contributed by atoms with Gasteiger partial charge >= 0.3 is 0 Å². The van der Waals surface area contributed by atoms with Crippen LogP contribution in [0.25, 0.3) is 0 Å². The van der Waals surface area contributed by atoms with Crippen molar-refractivity contribution in [1.82, 2.24) is 4.90 Å². The molecule has 1 aliphatic heterocycles. The molecule has 0 atom stereocenters. The molecule has 0 N–H and O–H groups in total. The molecule has 0 bridgehead atoms. The summed E-state index contributed by atoms with van der Waals surface area (Å²) in [6.45, 7) is 5.78. The Hall–Kier alpha value is -0.790. The predicted molar refractivity (Wildman–Crippen MR) is 40.6 cm³/mol. The van der Waals surface area contributed by atoms with Gasteiger partial charge in [0.15, 0.2) is 0 Å². The SMILES string of the molecule is CC(C)=CC(=O)N1CCC1. The number of allylic oxidation sites excluding steroid dienone is 1. The Labute approximate surface area is 61.5 Å². The normalized spacial score (nSPS) is 16.0. The van der Waals surface area contributed by atoms with Gasteiger partial charge in [-0.2, -0.15) is 0 Å². The predicted octanol–water partition coefficient (Wildman–Crippen LogP) is 1.18. The lowest BCUT2D eigenvalue weighted by Gasteiger charge is -2.29. The van der Waals surface area contributed by atoms with Crippen LogP contribution in [-0.2, 0) is 4.79 Å². The van der Waals surface area contributed by atoms with Crippen molar-refractivity contribution in [2.75, 3.05) is 13.1 Å². The summed E-state index contributed by atoms with van der Waals surface area (Å²) < 4.78 is 0. The van der Waals surface area contributed by atoms with Crippen molar-refractivity contribution in [3.63, 3.8) is 0 Å². The van der Waals surface area contributed by atoms with Gasteiger partial charge in [-0.3, -0.25) is 4.79 Å². The molecule has 0 aliphatic carbocycles. The third-order valence-electron chi connectivity index (χ3n) is 1.58. The fourth-order valence-electron chi connectivity index (χ4n) is 0.875. The molecule has 1 saturated heterocycles. The Balaban J connectivity index is 2.41. The van der Waals surface area contributed by atoms with E-state index < -0.39 is 0 Å². The molecular formula is C8H13NO. The molecule has 0 saturated carbocycles. The number of carbonyl (C=O) groups is 1. The summed E-state index contributed by atoms with van der Waals surface area (Å²) in [7, 11) is 0. The van der Waals surface area contributed by atoms with Crippen LogP contribution in [0.4, 0.5) is 0 Å². The number of hydrogen-bond donors (Lipinski definition) is 0. The van der Waals surface area contributed by atoms with Crippen LogP contribution in [-0.4, -0.2) is 23.9 Å². The summed E-state index contributed by atoms with van der Waals surface area (Å²) in [5.74, 6) is 0.172. The van der Waals surface area contributed by atoms with E-state index in [-0.39, 0.29) is 5.91 Å². The maximum absolute atomic E-state index is 11.1. The minimum Gasteiger partial charge on any atom is -0.339 e. The van der Waals surface area contributed by atoms with E-state index in [4.69, 9.17) is 0 Å². The molecule has 0 aromatic heterocycles. The molecule has 56 valence electrons. The van der Waals surface area contributed by atoms with Gasteiger partial charge in [-0.1, -0.05) is 5.57 Å². The molecule has 0 aromatic rings. The number of rotatable bonds is 1. The molecule has 1 rings (SSSR count). The zero-order valence-corrected chi connectivity index (χ0v) is 6.55. The van der Waals surface area contributed by atoms with Crippen molar-refractivity contribution in [1.29, 1.82) is 0 Å². The highest BCUT2D eigenvalue weighted by Crippen LogP contribution is 2.06. The Morgan fingerprint density at radius 3 is 2.30 bits per heavy atom. The average molecular weight is 139 g/mol. The third kappa shape index (κ3) is 1.59. The molecule has 1 heterocycles. The fraction of sp³-hybridized carbons (Fsp3) is 0.625. The second-order valence-electron chi connectivity index (χ2n) is 2.90. The third-order valence-corrected chi connectivity index (χ3v) is 1.58. The number of amides is 1. The van der Waals surface area contributed by atoms with Gasteiger partial charge in [0.25, 0.3) is 0 Å². The summed E-state index contributed by atoms with van der Waals surface area (Å²) in [6.07, 6.45) is 2.86. The van der Waals surface area contributed by atoms with Crippen molar-refractivity contribution in [3.8, 4) is 0 Å². The van der Waals surface area contributed by atoms with Crippen LogP contribution in [0.2, 0.25) is 0 Å². The van der Waals surface area contributed by atoms with E-state index in [1.807, 2.05) is 18.7 Å². The van der Waals surface area contributed by atoms with Crippen molar-refractivity contribution >= 4 is 5.91 Å². The molecule has 0 aromatic carbocycles. The second-order valence-corrected chi connectivity index (χ2v) is 2.90. The lowest BCUT2D eigenvalue weighted by molar-refractivity contribution is -0.129. The van der Waals surface area contributed by atoms with E-state index in [0.717, 1.165) is 18.7 Å². The van der Waals surface area contributed by atoms with Crippen LogP contribution < -0.4 is 0 Å².